The van der Waals surface area contributed by atoms with E-state index in [1.165, 1.54) is 0 Å². The molecule has 0 amide bonds. The zero-order valence-electron chi connectivity index (χ0n) is 24.2. The van der Waals surface area contributed by atoms with E-state index in [2.05, 4.69) is 49.9 Å². The Labute approximate surface area is 253 Å². The Bertz CT molecular complexity index is 1630. The van der Waals surface area contributed by atoms with Gasteiger partial charge in [0.25, 0.3) is 0 Å². The van der Waals surface area contributed by atoms with Gasteiger partial charge in [-0.3, -0.25) is 0 Å². The number of piperazine rings is 1. The average molecular weight is 570 g/mol. The molecule has 4 aromatic rings. The fourth-order valence-electron chi connectivity index (χ4n) is 5.87. The van der Waals surface area contributed by atoms with E-state index in [0.29, 0.717) is 12.4 Å². The molecule has 8 heteroatoms. The van der Waals surface area contributed by atoms with Gasteiger partial charge in [-0.25, -0.2) is 9.97 Å². The molecular formula is C35H35N7O. The molecule has 0 aliphatic carbocycles. The van der Waals surface area contributed by atoms with Crippen molar-refractivity contribution in [3.63, 3.8) is 0 Å². The van der Waals surface area contributed by atoms with Gasteiger partial charge in [-0.15, -0.1) is 22.5 Å². The first-order chi connectivity index (χ1) is 21.2. The van der Waals surface area contributed by atoms with Crippen molar-refractivity contribution in [3.8, 4) is 41.2 Å². The zero-order valence-corrected chi connectivity index (χ0v) is 24.2. The van der Waals surface area contributed by atoms with Crippen LogP contribution in [-0.2, 0) is 6.61 Å². The highest BCUT2D eigenvalue weighted by Crippen LogP contribution is 2.38. The number of nitrogens with two attached hydrogens (primary N) is 1. The van der Waals surface area contributed by atoms with Gasteiger partial charge in [0.2, 0.25) is 5.95 Å². The molecule has 2 atom stereocenters. The molecule has 2 aliphatic heterocycles. The number of fused-ring (bicyclic) bond motifs is 2. The summed E-state index contributed by atoms with van der Waals surface area (Å²) in [5.74, 6) is 11.0. The van der Waals surface area contributed by atoms with Gasteiger partial charge in [0.15, 0.2) is 5.82 Å². The van der Waals surface area contributed by atoms with Crippen LogP contribution in [0, 0.1) is 24.2 Å². The van der Waals surface area contributed by atoms with E-state index in [-0.39, 0.29) is 12.1 Å². The maximum Gasteiger partial charge on any atom is 0.225 e. The zero-order chi connectivity index (χ0) is 29.4. The Kier molecular flexibility index (Phi) is 8.66. The number of ether oxygens (including phenoxy) is 1. The smallest absolute Gasteiger partial charge is 0.225 e. The molecule has 2 bridgehead atoms. The van der Waals surface area contributed by atoms with Crippen molar-refractivity contribution >= 4 is 17.5 Å². The van der Waals surface area contributed by atoms with E-state index in [1.807, 2.05) is 60.9 Å². The minimum Gasteiger partial charge on any atom is -0.488 e. The van der Waals surface area contributed by atoms with Crippen LogP contribution in [0.1, 0.15) is 49.7 Å². The first kappa shape index (κ1) is 28.1. The highest BCUT2D eigenvalue weighted by molar-refractivity contribution is 5.74. The van der Waals surface area contributed by atoms with E-state index < -0.39 is 0 Å². The highest BCUT2D eigenvalue weighted by atomic mass is 16.5. The first-order valence-electron chi connectivity index (χ1n) is 14.9. The number of hydrogen-bond acceptors (Lipinski definition) is 8. The largest absolute Gasteiger partial charge is 0.488 e. The summed E-state index contributed by atoms with van der Waals surface area (Å²) < 4.78 is 6.20. The van der Waals surface area contributed by atoms with Crippen LogP contribution in [0.5, 0.6) is 5.75 Å². The second-order valence-corrected chi connectivity index (χ2v) is 11.0. The molecule has 2 N–H and O–H groups in total. The van der Waals surface area contributed by atoms with Crippen LogP contribution in [0.4, 0.5) is 17.5 Å². The summed E-state index contributed by atoms with van der Waals surface area (Å²) in [6.45, 7) is 2.09. The first-order valence-corrected chi connectivity index (χ1v) is 14.9. The summed E-state index contributed by atoms with van der Waals surface area (Å²) in [6.07, 6.45) is 14.8. The van der Waals surface area contributed by atoms with Crippen LogP contribution in [0.3, 0.4) is 0 Å². The Hall–Kier alpha value is -5.08. The van der Waals surface area contributed by atoms with Crippen molar-refractivity contribution in [2.24, 2.45) is 0 Å². The van der Waals surface area contributed by atoms with Crippen LogP contribution >= 0.6 is 0 Å². The third-order valence-corrected chi connectivity index (χ3v) is 8.00. The molecule has 2 unspecified atom stereocenters. The number of para-hydroxylation sites is 1. The summed E-state index contributed by atoms with van der Waals surface area (Å²) in [5.41, 5.74) is 10.9. The van der Waals surface area contributed by atoms with Crippen LogP contribution in [0.15, 0.2) is 73.1 Å². The Morgan fingerprint density at radius 2 is 1.63 bits per heavy atom. The average Bonchev–Trinajstić information content (AvgIpc) is 3.31. The van der Waals surface area contributed by atoms with E-state index in [0.717, 1.165) is 91.4 Å². The van der Waals surface area contributed by atoms with Crippen molar-refractivity contribution in [2.45, 2.75) is 57.2 Å². The maximum atomic E-state index is 6.41. The highest BCUT2D eigenvalue weighted by Gasteiger charge is 2.42. The SMILES string of the molecule is C#CCCCCC#Cc1cnc(N2C3CCC2CN(c2cc(-c4ccccc4OCc4ccccc4)nnc2N)C3)nc1. The number of unbranched alkanes of at least 4 members (excludes halogenated alkanes) is 3. The minimum atomic E-state index is 0.282. The molecule has 2 aromatic carbocycles. The van der Waals surface area contributed by atoms with E-state index in [1.54, 1.807) is 0 Å². The van der Waals surface area contributed by atoms with Gasteiger partial charge in [-0.05, 0) is 49.4 Å². The molecule has 2 fully saturated rings. The molecule has 2 aromatic heterocycles. The number of benzene rings is 2. The number of hydrogen-bond donors (Lipinski definition) is 1. The summed E-state index contributed by atoms with van der Waals surface area (Å²) in [5, 5.41) is 8.82. The Balaban J connectivity index is 1.15. The summed E-state index contributed by atoms with van der Waals surface area (Å²) >= 11 is 0. The summed E-state index contributed by atoms with van der Waals surface area (Å²) in [4.78, 5) is 14.1. The maximum absolute atomic E-state index is 6.41. The van der Waals surface area contributed by atoms with Gasteiger partial charge in [-0.2, -0.15) is 0 Å². The molecule has 216 valence electrons. The van der Waals surface area contributed by atoms with E-state index in [9.17, 15) is 0 Å². The molecule has 4 heterocycles. The van der Waals surface area contributed by atoms with Gasteiger partial charge in [-0.1, -0.05) is 54.3 Å². The minimum absolute atomic E-state index is 0.282. The number of nitrogens with zero attached hydrogens (tertiary/aromatic N) is 6. The van der Waals surface area contributed by atoms with E-state index >= 15 is 0 Å². The third-order valence-electron chi connectivity index (χ3n) is 8.00. The molecule has 0 spiro atoms. The molecular weight excluding hydrogens is 534 g/mol. The molecule has 43 heavy (non-hydrogen) atoms. The second kappa shape index (κ2) is 13.3. The van der Waals surface area contributed by atoms with Gasteiger partial charge in [0.05, 0.1) is 16.9 Å². The van der Waals surface area contributed by atoms with Crippen molar-refractivity contribution in [1.82, 2.24) is 20.2 Å². The number of anilines is 3. The Morgan fingerprint density at radius 3 is 2.40 bits per heavy atom. The predicted octanol–water partition coefficient (Wildman–Crippen LogP) is 5.50. The molecule has 8 nitrogen and oxygen atoms in total. The standard InChI is InChI=1S/C35H35N7O/c1-2-3-4-5-6-8-15-27-21-37-35(38-22-27)42-28-18-19-29(42)24-41(23-28)32-20-31(39-40-34(32)36)30-16-11-12-17-33(30)43-25-26-13-9-7-10-14-26/h1,7,9-14,16-17,20-22,28-29H,3-6,18-19,23-25H2,(H2,36,40). The van der Waals surface area contributed by atoms with Crippen LogP contribution in [0.25, 0.3) is 11.3 Å². The molecule has 6 rings (SSSR count). The second-order valence-electron chi connectivity index (χ2n) is 11.0. The fraction of sp³-hybridized carbons (Fsp3) is 0.314. The lowest BCUT2D eigenvalue weighted by molar-refractivity contribution is 0.307. The summed E-state index contributed by atoms with van der Waals surface area (Å²) in [7, 11) is 0. The number of terminal acetylenes is 1. The third kappa shape index (κ3) is 6.55. The monoisotopic (exact) mass is 569 g/mol. The quantitative estimate of drug-likeness (QED) is 0.209. The van der Waals surface area contributed by atoms with Gasteiger partial charge >= 0.3 is 0 Å². The van der Waals surface area contributed by atoms with Crippen LogP contribution < -0.4 is 20.3 Å². The lowest BCUT2D eigenvalue weighted by atomic mass is 10.1. The van der Waals surface area contributed by atoms with Crippen molar-refractivity contribution in [1.29, 1.82) is 0 Å². The van der Waals surface area contributed by atoms with Crippen LogP contribution in [-0.4, -0.2) is 45.3 Å². The lowest BCUT2D eigenvalue weighted by Gasteiger charge is -2.42. The van der Waals surface area contributed by atoms with Crippen molar-refractivity contribution < 1.29 is 4.74 Å². The van der Waals surface area contributed by atoms with Gasteiger partial charge in [0.1, 0.15) is 12.4 Å². The predicted molar refractivity (Wildman–Crippen MR) is 170 cm³/mol. The van der Waals surface area contributed by atoms with E-state index in [4.69, 9.17) is 26.9 Å². The van der Waals surface area contributed by atoms with Gasteiger partial charge in [0, 0.05) is 56.0 Å². The van der Waals surface area contributed by atoms with Gasteiger partial charge < -0.3 is 20.3 Å². The lowest BCUT2D eigenvalue weighted by Crippen LogP contribution is -2.54. The summed E-state index contributed by atoms with van der Waals surface area (Å²) in [6, 6.07) is 20.7. The Morgan fingerprint density at radius 1 is 0.907 bits per heavy atom. The normalized spacial score (nSPS) is 17.2. The number of nitrogen functional groups attached to an aromatic ring is 1. The molecule has 0 saturated carbocycles. The fourth-order valence-corrected chi connectivity index (χ4v) is 5.87. The number of aromatic nitrogens is 4. The van der Waals surface area contributed by atoms with Crippen LogP contribution in [0.2, 0.25) is 0 Å². The molecule has 2 aliphatic rings. The van der Waals surface area contributed by atoms with Crippen molar-refractivity contribution in [2.75, 3.05) is 28.6 Å². The topological polar surface area (TPSA) is 93.3 Å². The molecule has 2 saturated heterocycles. The number of rotatable bonds is 9. The van der Waals surface area contributed by atoms with Crippen molar-refractivity contribution in [3.05, 3.63) is 84.2 Å². The molecule has 0 radical (unpaired) electrons.